The number of anilines is 4. The van der Waals surface area contributed by atoms with Crippen molar-refractivity contribution in [3.8, 4) is 11.5 Å². The van der Waals surface area contributed by atoms with Crippen molar-refractivity contribution in [3.63, 3.8) is 0 Å². The van der Waals surface area contributed by atoms with E-state index < -0.39 is 0 Å². The molecule has 0 radical (unpaired) electrons. The van der Waals surface area contributed by atoms with Crippen molar-refractivity contribution < 1.29 is 14.9 Å². The van der Waals surface area contributed by atoms with Crippen LogP contribution in [-0.4, -0.2) is 18.7 Å². The van der Waals surface area contributed by atoms with Gasteiger partial charge in [-0.05, 0) is 37.1 Å². The van der Waals surface area contributed by atoms with E-state index in [2.05, 4.69) is 0 Å². The highest BCUT2D eigenvalue weighted by Gasteiger charge is 2.02. The first-order chi connectivity index (χ1) is 10.6. The van der Waals surface area contributed by atoms with Gasteiger partial charge in [0.25, 0.3) is 0 Å². The summed E-state index contributed by atoms with van der Waals surface area (Å²) in [6, 6.07) is 10.4. The van der Waals surface area contributed by atoms with Crippen LogP contribution in [0.5, 0.6) is 11.5 Å². The zero-order chi connectivity index (χ0) is 15.9. The fourth-order valence-corrected chi connectivity index (χ4v) is 1.92. The molecule has 0 fully saturated rings. The van der Waals surface area contributed by atoms with Gasteiger partial charge in [0.1, 0.15) is 11.5 Å². The van der Waals surface area contributed by atoms with Crippen LogP contribution in [0.3, 0.4) is 0 Å². The Morgan fingerprint density at radius 1 is 0.593 bits per heavy atom. The minimum absolute atomic E-state index is 0. The number of ether oxygens (including phenoxy) is 2. The Bertz CT molecular complexity index is 596. The Labute approximate surface area is 184 Å². The fourth-order valence-electron chi connectivity index (χ4n) is 1.92. The van der Waals surface area contributed by atoms with E-state index in [-0.39, 0.29) is 55.1 Å². The molecule has 0 spiro atoms. The van der Waals surface area contributed by atoms with Crippen molar-refractivity contribution in [1.29, 1.82) is 0 Å². The molecule has 27 heavy (non-hydrogen) atoms. The van der Waals surface area contributed by atoms with E-state index in [1.165, 1.54) is 0 Å². The summed E-state index contributed by atoms with van der Waals surface area (Å²) in [5.74, 6) is 1.22. The Balaban J connectivity index is -0.000000529. The molecule has 0 bridgehead atoms. The standard InChI is InChI=1S/C16H22N4O2.4ClH.H2O/c17-11-3-5-13(19)15(9-11)21-7-1-2-8-22-16-10-12(18)4-6-14(16)20;;;;;/h3-6,9-10H,1-2,7-8,17-20H2;4*1H;1H2. The van der Waals surface area contributed by atoms with E-state index in [9.17, 15) is 0 Å². The molecular formula is C16H28Cl4N4O3. The van der Waals surface area contributed by atoms with Crippen LogP contribution in [0.2, 0.25) is 0 Å². The van der Waals surface area contributed by atoms with Gasteiger partial charge in [0, 0.05) is 23.5 Å². The van der Waals surface area contributed by atoms with Crippen LogP contribution in [0.25, 0.3) is 0 Å². The van der Waals surface area contributed by atoms with Crippen molar-refractivity contribution >= 4 is 72.4 Å². The number of benzene rings is 2. The summed E-state index contributed by atoms with van der Waals surface area (Å²) in [4.78, 5) is 0. The van der Waals surface area contributed by atoms with Crippen LogP contribution in [0, 0.1) is 0 Å². The van der Waals surface area contributed by atoms with Crippen molar-refractivity contribution in [2.75, 3.05) is 36.1 Å². The highest BCUT2D eigenvalue weighted by atomic mass is 35.5. The van der Waals surface area contributed by atoms with Gasteiger partial charge in [0.2, 0.25) is 0 Å². The summed E-state index contributed by atoms with van der Waals surface area (Å²) in [6.45, 7) is 1.09. The summed E-state index contributed by atoms with van der Waals surface area (Å²) in [7, 11) is 0. The Morgan fingerprint density at radius 3 is 1.26 bits per heavy atom. The van der Waals surface area contributed by atoms with Crippen LogP contribution < -0.4 is 32.4 Å². The van der Waals surface area contributed by atoms with Crippen LogP contribution in [0.4, 0.5) is 22.7 Å². The van der Waals surface area contributed by atoms with Gasteiger partial charge in [0.15, 0.2) is 0 Å². The number of halogens is 4. The monoisotopic (exact) mass is 464 g/mol. The lowest BCUT2D eigenvalue weighted by Gasteiger charge is -2.11. The molecule has 158 valence electrons. The first-order valence-electron chi connectivity index (χ1n) is 7.12. The smallest absolute Gasteiger partial charge is 0.144 e. The number of nitrogen functional groups attached to an aromatic ring is 4. The molecule has 0 saturated heterocycles. The maximum Gasteiger partial charge on any atom is 0.144 e. The quantitative estimate of drug-likeness (QED) is 0.363. The van der Waals surface area contributed by atoms with Crippen molar-refractivity contribution in [1.82, 2.24) is 0 Å². The third kappa shape index (κ3) is 10.9. The predicted octanol–water partition coefficient (Wildman–Crippen LogP) is 3.12. The highest BCUT2D eigenvalue weighted by Crippen LogP contribution is 2.25. The molecule has 0 aromatic heterocycles. The maximum absolute atomic E-state index is 5.81. The Morgan fingerprint density at radius 2 is 0.926 bits per heavy atom. The van der Waals surface area contributed by atoms with E-state index >= 15 is 0 Å². The highest BCUT2D eigenvalue weighted by molar-refractivity contribution is 5.86. The lowest BCUT2D eigenvalue weighted by molar-refractivity contribution is 0.268. The molecule has 0 aliphatic carbocycles. The molecule has 0 amide bonds. The van der Waals surface area contributed by atoms with Gasteiger partial charge >= 0.3 is 0 Å². The second kappa shape index (κ2) is 16.5. The van der Waals surface area contributed by atoms with Gasteiger partial charge < -0.3 is 37.9 Å². The minimum atomic E-state index is 0. The lowest BCUT2D eigenvalue weighted by Crippen LogP contribution is -2.05. The molecule has 10 N–H and O–H groups in total. The third-order valence-corrected chi connectivity index (χ3v) is 3.13. The normalized spacial score (nSPS) is 8.44. The van der Waals surface area contributed by atoms with Gasteiger partial charge in [-0.1, -0.05) is 0 Å². The SMILES string of the molecule is Cl.Cl.Cl.Cl.Nc1ccc(N)c(OCCCCOc2cc(N)ccc2N)c1.O. The molecule has 0 aliphatic rings. The van der Waals surface area contributed by atoms with E-state index in [1.807, 2.05) is 0 Å². The molecule has 0 atom stereocenters. The van der Waals surface area contributed by atoms with Gasteiger partial charge in [0.05, 0.1) is 24.6 Å². The third-order valence-electron chi connectivity index (χ3n) is 3.13. The van der Waals surface area contributed by atoms with Crippen LogP contribution in [0.15, 0.2) is 36.4 Å². The molecule has 0 heterocycles. The zero-order valence-electron chi connectivity index (χ0n) is 14.6. The fraction of sp³-hybridized carbons (Fsp3) is 0.250. The second-order valence-electron chi connectivity index (χ2n) is 5.00. The maximum atomic E-state index is 5.81. The molecule has 11 heteroatoms. The molecular weight excluding hydrogens is 438 g/mol. The van der Waals surface area contributed by atoms with E-state index in [1.54, 1.807) is 36.4 Å². The first kappa shape index (κ1) is 33.0. The summed E-state index contributed by atoms with van der Waals surface area (Å²) < 4.78 is 11.2. The van der Waals surface area contributed by atoms with E-state index in [0.717, 1.165) is 12.8 Å². The zero-order valence-corrected chi connectivity index (χ0v) is 17.8. The summed E-state index contributed by atoms with van der Waals surface area (Å²) in [5, 5.41) is 0. The number of hydrogen-bond acceptors (Lipinski definition) is 6. The summed E-state index contributed by atoms with van der Waals surface area (Å²) in [5.41, 5.74) is 25.4. The Hall–Kier alpha value is -1.64. The molecule has 0 aliphatic heterocycles. The van der Waals surface area contributed by atoms with Crippen LogP contribution >= 0.6 is 49.6 Å². The number of hydrogen-bond donors (Lipinski definition) is 4. The van der Waals surface area contributed by atoms with Crippen molar-refractivity contribution in [2.45, 2.75) is 12.8 Å². The van der Waals surface area contributed by atoms with Gasteiger partial charge in [-0.15, -0.1) is 49.6 Å². The minimum Gasteiger partial charge on any atom is -0.491 e. The first-order valence-corrected chi connectivity index (χ1v) is 7.12. The van der Waals surface area contributed by atoms with Gasteiger partial charge in [-0.3, -0.25) is 0 Å². The largest absolute Gasteiger partial charge is 0.491 e. The molecule has 2 rings (SSSR count). The molecule has 2 aromatic rings. The van der Waals surface area contributed by atoms with Gasteiger partial charge in [-0.25, -0.2) is 0 Å². The molecule has 2 aromatic carbocycles. The number of nitrogens with two attached hydrogens (primary N) is 4. The summed E-state index contributed by atoms with van der Waals surface area (Å²) >= 11 is 0. The van der Waals surface area contributed by atoms with E-state index in [0.29, 0.717) is 47.5 Å². The van der Waals surface area contributed by atoms with Crippen molar-refractivity contribution in [3.05, 3.63) is 36.4 Å². The van der Waals surface area contributed by atoms with E-state index in [4.69, 9.17) is 32.4 Å². The average Bonchev–Trinajstić information content (AvgIpc) is 2.49. The number of rotatable bonds is 7. The average molecular weight is 466 g/mol. The van der Waals surface area contributed by atoms with Crippen LogP contribution in [0.1, 0.15) is 12.8 Å². The molecule has 0 saturated carbocycles. The topological polar surface area (TPSA) is 154 Å². The Kier molecular flexibility index (Phi) is 20.2. The van der Waals surface area contributed by atoms with Crippen molar-refractivity contribution in [2.24, 2.45) is 0 Å². The molecule has 7 nitrogen and oxygen atoms in total. The number of unbranched alkanes of at least 4 members (excludes halogenated alkanes) is 1. The predicted molar refractivity (Wildman–Crippen MR) is 123 cm³/mol. The molecule has 0 unspecified atom stereocenters. The second-order valence-corrected chi connectivity index (χ2v) is 5.00. The van der Waals surface area contributed by atoms with Crippen LogP contribution in [-0.2, 0) is 0 Å². The van der Waals surface area contributed by atoms with Gasteiger partial charge in [-0.2, -0.15) is 0 Å². The lowest BCUT2D eigenvalue weighted by atomic mass is 10.2. The summed E-state index contributed by atoms with van der Waals surface area (Å²) in [6.07, 6.45) is 1.66.